The van der Waals surface area contributed by atoms with Gasteiger partial charge in [0.25, 0.3) is 0 Å². The number of aromatic nitrogens is 1. The summed E-state index contributed by atoms with van der Waals surface area (Å²) in [6.45, 7) is 3.30. The van der Waals surface area contributed by atoms with Crippen molar-refractivity contribution < 1.29 is 0 Å². The SMILES string of the molecule is CC1CC(N)CCN1c1ccncc1. The first-order valence-corrected chi connectivity index (χ1v) is 5.19. The van der Waals surface area contributed by atoms with Gasteiger partial charge in [-0.25, -0.2) is 0 Å². The molecule has 1 aromatic rings. The Morgan fingerprint density at radius 1 is 1.43 bits per heavy atom. The summed E-state index contributed by atoms with van der Waals surface area (Å²) in [4.78, 5) is 6.44. The van der Waals surface area contributed by atoms with E-state index in [2.05, 4.69) is 28.9 Å². The zero-order chi connectivity index (χ0) is 9.97. The van der Waals surface area contributed by atoms with E-state index in [1.54, 1.807) is 0 Å². The topological polar surface area (TPSA) is 42.1 Å². The van der Waals surface area contributed by atoms with Crippen LogP contribution in [0.5, 0.6) is 0 Å². The summed E-state index contributed by atoms with van der Waals surface area (Å²) in [6, 6.07) is 5.05. The fourth-order valence-corrected chi connectivity index (χ4v) is 2.13. The lowest BCUT2D eigenvalue weighted by Crippen LogP contribution is -2.45. The molecule has 2 heterocycles. The van der Waals surface area contributed by atoms with Crippen LogP contribution in [0.25, 0.3) is 0 Å². The third-order valence-electron chi connectivity index (χ3n) is 2.91. The van der Waals surface area contributed by atoms with E-state index in [0.717, 1.165) is 19.4 Å². The number of anilines is 1. The molecule has 1 saturated heterocycles. The zero-order valence-electron chi connectivity index (χ0n) is 8.56. The molecule has 76 valence electrons. The molecule has 2 rings (SSSR count). The van der Waals surface area contributed by atoms with Crippen LogP contribution in [-0.4, -0.2) is 23.6 Å². The molecule has 1 aliphatic heterocycles. The molecule has 1 fully saturated rings. The maximum absolute atomic E-state index is 5.93. The number of hydrogen-bond donors (Lipinski definition) is 1. The Labute approximate surface area is 84.9 Å². The molecule has 2 N–H and O–H groups in total. The predicted octanol–water partition coefficient (Wildman–Crippen LogP) is 1.40. The lowest BCUT2D eigenvalue weighted by molar-refractivity contribution is 0.430. The van der Waals surface area contributed by atoms with Crippen LogP contribution in [0.1, 0.15) is 19.8 Å². The average Bonchev–Trinajstić information content (AvgIpc) is 2.19. The van der Waals surface area contributed by atoms with Gasteiger partial charge in [-0.1, -0.05) is 0 Å². The fourth-order valence-electron chi connectivity index (χ4n) is 2.13. The summed E-state index contributed by atoms with van der Waals surface area (Å²) in [7, 11) is 0. The van der Waals surface area contributed by atoms with Gasteiger partial charge in [0, 0.05) is 36.7 Å². The van der Waals surface area contributed by atoms with Crippen LogP contribution in [0.4, 0.5) is 5.69 Å². The molecule has 0 saturated carbocycles. The van der Waals surface area contributed by atoms with E-state index in [4.69, 9.17) is 5.73 Å². The molecule has 3 heteroatoms. The van der Waals surface area contributed by atoms with Crippen LogP contribution < -0.4 is 10.6 Å². The second-order valence-electron chi connectivity index (χ2n) is 4.03. The van der Waals surface area contributed by atoms with E-state index in [1.807, 2.05) is 12.4 Å². The lowest BCUT2D eigenvalue weighted by atomic mass is 9.99. The van der Waals surface area contributed by atoms with E-state index in [0.29, 0.717) is 12.1 Å². The first-order chi connectivity index (χ1) is 6.77. The highest BCUT2D eigenvalue weighted by Crippen LogP contribution is 2.22. The minimum atomic E-state index is 0.378. The first kappa shape index (κ1) is 9.46. The molecule has 2 atom stereocenters. The van der Waals surface area contributed by atoms with E-state index in [-0.39, 0.29) is 0 Å². The maximum Gasteiger partial charge on any atom is 0.0399 e. The quantitative estimate of drug-likeness (QED) is 0.729. The van der Waals surface area contributed by atoms with Crippen molar-refractivity contribution in [1.29, 1.82) is 0 Å². The minimum absolute atomic E-state index is 0.378. The molecule has 0 radical (unpaired) electrons. The largest absolute Gasteiger partial charge is 0.369 e. The lowest BCUT2D eigenvalue weighted by Gasteiger charge is -2.38. The van der Waals surface area contributed by atoms with Gasteiger partial charge in [-0.3, -0.25) is 4.98 Å². The second kappa shape index (κ2) is 3.96. The molecule has 1 aromatic heterocycles. The van der Waals surface area contributed by atoms with Gasteiger partial charge < -0.3 is 10.6 Å². The van der Waals surface area contributed by atoms with Crippen molar-refractivity contribution in [3.8, 4) is 0 Å². The van der Waals surface area contributed by atoms with Crippen LogP contribution in [-0.2, 0) is 0 Å². The van der Waals surface area contributed by atoms with Crippen LogP contribution in [0.3, 0.4) is 0 Å². The third-order valence-corrected chi connectivity index (χ3v) is 2.91. The molecule has 0 aliphatic carbocycles. The van der Waals surface area contributed by atoms with Gasteiger partial charge in [-0.05, 0) is 31.9 Å². The fraction of sp³-hybridized carbons (Fsp3) is 0.545. The normalized spacial score (nSPS) is 27.7. The Morgan fingerprint density at radius 2 is 2.14 bits per heavy atom. The van der Waals surface area contributed by atoms with Gasteiger partial charge in [0.15, 0.2) is 0 Å². The molecule has 0 aromatic carbocycles. The van der Waals surface area contributed by atoms with Crippen molar-refractivity contribution in [3.63, 3.8) is 0 Å². The third kappa shape index (κ3) is 1.87. The van der Waals surface area contributed by atoms with Crippen molar-refractivity contribution in [2.45, 2.75) is 31.8 Å². The Bertz CT molecular complexity index is 286. The van der Waals surface area contributed by atoms with Gasteiger partial charge in [-0.15, -0.1) is 0 Å². The van der Waals surface area contributed by atoms with Crippen molar-refractivity contribution in [2.24, 2.45) is 5.73 Å². The van der Waals surface area contributed by atoms with E-state index in [1.165, 1.54) is 5.69 Å². The Kier molecular flexibility index (Phi) is 2.68. The summed E-state index contributed by atoms with van der Waals surface area (Å²) in [5.74, 6) is 0. The molecule has 2 unspecified atom stereocenters. The molecular formula is C11H17N3. The van der Waals surface area contributed by atoms with Gasteiger partial charge >= 0.3 is 0 Å². The average molecular weight is 191 g/mol. The molecule has 14 heavy (non-hydrogen) atoms. The number of rotatable bonds is 1. The number of hydrogen-bond acceptors (Lipinski definition) is 3. The second-order valence-corrected chi connectivity index (χ2v) is 4.03. The standard InChI is InChI=1S/C11H17N3/c1-9-8-10(12)4-7-14(9)11-2-5-13-6-3-11/h2-3,5-6,9-10H,4,7-8,12H2,1H3. The molecule has 0 bridgehead atoms. The highest BCUT2D eigenvalue weighted by Gasteiger charge is 2.22. The number of nitrogens with zero attached hydrogens (tertiary/aromatic N) is 2. The molecule has 1 aliphatic rings. The van der Waals surface area contributed by atoms with Crippen LogP contribution in [0, 0.1) is 0 Å². The van der Waals surface area contributed by atoms with Crippen LogP contribution in [0.15, 0.2) is 24.5 Å². The highest BCUT2D eigenvalue weighted by atomic mass is 15.2. The van der Waals surface area contributed by atoms with Gasteiger partial charge in [0.05, 0.1) is 0 Å². The smallest absolute Gasteiger partial charge is 0.0399 e. The van der Waals surface area contributed by atoms with Crippen LogP contribution >= 0.6 is 0 Å². The molecule has 0 spiro atoms. The van der Waals surface area contributed by atoms with Crippen molar-refractivity contribution in [3.05, 3.63) is 24.5 Å². The highest BCUT2D eigenvalue weighted by molar-refractivity contribution is 5.46. The van der Waals surface area contributed by atoms with E-state index < -0.39 is 0 Å². The summed E-state index contributed by atoms with van der Waals surface area (Å²) < 4.78 is 0. The summed E-state index contributed by atoms with van der Waals surface area (Å²) in [5.41, 5.74) is 7.19. The number of pyridine rings is 1. The maximum atomic E-state index is 5.93. The van der Waals surface area contributed by atoms with Gasteiger partial charge in [-0.2, -0.15) is 0 Å². The van der Waals surface area contributed by atoms with Gasteiger partial charge in [0.2, 0.25) is 0 Å². The number of piperidine rings is 1. The Morgan fingerprint density at radius 3 is 2.79 bits per heavy atom. The Balaban J connectivity index is 2.12. The summed E-state index contributed by atoms with van der Waals surface area (Å²) in [6.07, 6.45) is 5.86. The van der Waals surface area contributed by atoms with E-state index in [9.17, 15) is 0 Å². The summed E-state index contributed by atoms with van der Waals surface area (Å²) >= 11 is 0. The predicted molar refractivity (Wildman–Crippen MR) is 58.3 cm³/mol. The first-order valence-electron chi connectivity index (χ1n) is 5.19. The van der Waals surface area contributed by atoms with E-state index >= 15 is 0 Å². The van der Waals surface area contributed by atoms with Crippen LogP contribution in [0.2, 0.25) is 0 Å². The summed E-state index contributed by atoms with van der Waals surface area (Å²) in [5, 5.41) is 0. The monoisotopic (exact) mass is 191 g/mol. The van der Waals surface area contributed by atoms with Crippen molar-refractivity contribution in [1.82, 2.24) is 4.98 Å². The van der Waals surface area contributed by atoms with Crippen molar-refractivity contribution in [2.75, 3.05) is 11.4 Å². The molecule has 0 amide bonds. The minimum Gasteiger partial charge on any atom is -0.369 e. The molecule has 3 nitrogen and oxygen atoms in total. The zero-order valence-corrected chi connectivity index (χ0v) is 8.56. The van der Waals surface area contributed by atoms with Gasteiger partial charge in [0.1, 0.15) is 0 Å². The molecular weight excluding hydrogens is 174 g/mol. The Hall–Kier alpha value is -1.09. The number of nitrogens with two attached hydrogens (primary N) is 1. The van der Waals surface area contributed by atoms with Crippen molar-refractivity contribution >= 4 is 5.69 Å².